The summed E-state index contributed by atoms with van der Waals surface area (Å²) in [5.74, 6) is 0. The molecule has 0 unspecified atom stereocenters. The molecule has 0 fully saturated rings. The number of aliphatic hydroxyl groups excluding tert-OH is 1. The third-order valence-electron chi connectivity index (χ3n) is 1.03. The molecule has 0 aliphatic carbocycles. The minimum atomic E-state index is -1.78. The molecule has 0 aromatic carbocycles. The second-order valence-electron chi connectivity index (χ2n) is 1.88. The van der Waals surface area contributed by atoms with E-state index < -0.39 is 12.4 Å². The lowest BCUT2D eigenvalue weighted by Crippen LogP contribution is -2.43. The molecule has 0 aromatic heterocycles. The van der Waals surface area contributed by atoms with Crippen molar-refractivity contribution < 1.29 is 15.0 Å². The molecule has 0 aliphatic heterocycles. The van der Waals surface area contributed by atoms with Gasteiger partial charge in [0.15, 0.2) is 0 Å². The van der Waals surface area contributed by atoms with E-state index in [0.29, 0.717) is 6.42 Å². The molecular weight excluding hydrogens is 136 g/mol. The quantitative estimate of drug-likeness (QED) is 0.451. The van der Waals surface area contributed by atoms with Gasteiger partial charge in [0, 0.05) is 6.54 Å². The Morgan fingerprint density at radius 2 is 2.20 bits per heavy atom. The van der Waals surface area contributed by atoms with E-state index in [1.54, 1.807) is 6.92 Å². The van der Waals surface area contributed by atoms with Crippen molar-refractivity contribution in [3.8, 4) is 0 Å². The van der Waals surface area contributed by atoms with Gasteiger partial charge in [0.1, 0.15) is 0 Å². The van der Waals surface area contributed by atoms with Gasteiger partial charge in [-0.05, 0) is 6.42 Å². The fourth-order valence-electron chi connectivity index (χ4n) is 0.580. The summed E-state index contributed by atoms with van der Waals surface area (Å²) in [5.41, 5.74) is 4.79. The smallest absolute Gasteiger partial charge is 0.318 e. The normalized spacial score (nSPS) is 10.0. The van der Waals surface area contributed by atoms with Gasteiger partial charge in [-0.15, -0.1) is 0 Å². The SMILES string of the molecule is CCCN(C(N)=O)C(O)O. The van der Waals surface area contributed by atoms with Crippen LogP contribution in [0.1, 0.15) is 13.3 Å². The van der Waals surface area contributed by atoms with Crippen LogP contribution >= 0.6 is 0 Å². The number of urea groups is 1. The molecule has 0 bridgehead atoms. The molecule has 0 aromatic rings. The largest absolute Gasteiger partial charge is 0.351 e. The average molecular weight is 148 g/mol. The lowest BCUT2D eigenvalue weighted by molar-refractivity contribution is -0.131. The second-order valence-corrected chi connectivity index (χ2v) is 1.88. The van der Waals surface area contributed by atoms with Gasteiger partial charge in [-0.2, -0.15) is 0 Å². The molecule has 0 radical (unpaired) electrons. The highest BCUT2D eigenvalue weighted by Crippen LogP contribution is 1.93. The first-order valence-corrected chi connectivity index (χ1v) is 3.01. The van der Waals surface area contributed by atoms with E-state index in [4.69, 9.17) is 15.9 Å². The molecule has 0 rings (SSSR count). The van der Waals surface area contributed by atoms with Crippen LogP contribution in [0, 0.1) is 0 Å². The maximum absolute atomic E-state index is 10.4. The van der Waals surface area contributed by atoms with Crippen molar-refractivity contribution in [2.24, 2.45) is 5.73 Å². The van der Waals surface area contributed by atoms with Crippen LogP contribution in [0.25, 0.3) is 0 Å². The molecule has 5 nitrogen and oxygen atoms in total. The van der Waals surface area contributed by atoms with Crippen LogP contribution in [0.5, 0.6) is 0 Å². The van der Waals surface area contributed by atoms with Gasteiger partial charge in [0.05, 0.1) is 0 Å². The van der Waals surface area contributed by atoms with Crippen molar-refractivity contribution in [1.82, 2.24) is 4.90 Å². The molecule has 0 saturated heterocycles. The third-order valence-corrected chi connectivity index (χ3v) is 1.03. The van der Waals surface area contributed by atoms with Gasteiger partial charge >= 0.3 is 6.03 Å². The molecule has 0 spiro atoms. The predicted molar refractivity (Wildman–Crippen MR) is 34.8 cm³/mol. The Hall–Kier alpha value is -0.810. The Kier molecular flexibility index (Phi) is 3.75. The summed E-state index contributed by atoms with van der Waals surface area (Å²) in [4.78, 5) is 11.1. The number of aliphatic hydroxyl groups is 2. The van der Waals surface area contributed by atoms with E-state index in [1.165, 1.54) is 0 Å². The van der Waals surface area contributed by atoms with Crippen LogP contribution in [0.4, 0.5) is 4.79 Å². The maximum atomic E-state index is 10.4. The van der Waals surface area contributed by atoms with Gasteiger partial charge in [0.25, 0.3) is 0 Å². The third kappa shape index (κ3) is 2.65. The lowest BCUT2D eigenvalue weighted by Gasteiger charge is -2.20. The van der Waals surface area contributed by atoms with Crippen LogP contribution in [-0.4, -0.2) is 34.1 Å². The molecule has 0 aliphatic rings. The predicted octanol–water partition coefficient (Wildman–Crippen LogP) is -0.955. The van der Waals surface area contributed by atoms with E-state index in [2.05, 4.69) is 0 Å². The number of carbonyl (C=O) groups excluding carboxylic acids is 1. The Bertz CT molecular complexity index is 115. The minimum Gasteiger partial charge on any atom is -0.351 e. The Morgan fingerprint density at radius 1 is 1.70 bits per heavy atom. The Balaban J connectivity index is 3.85. The Morgan fingerprint density at radius 3 is 2.30 bits per heavy atom. The fraction of sp³-hybridized carbons (Fsp3) is 0.800. The summed E-state index contributed by atoms with van der Waals surface area (Å²) in [5, 5.41) is 17.0. The van der Waals surface area contributed by atoms with Gasteiger partial charge in [0.2, 0.25) is 6.41 Å². The van der Waals surface area contributed by atoms with Gasteiger partial charge in [-0.3, -0.25) is 4.90 Å². The highest BCUT2D eigenvalue weighted by atomic mass is 16.5. The zero-order valence-electron chi connectivity index (χ0n) is 5.82. The van der Waals surface area contributed by atoms with Crippen molar-refractivity contribution in [3.63, 3.8) is 0 Å². The number of amides is 2. The molecule has 10 heavy (non-hydrogen) atoms. The van der Waals surface area contributed by atoms with E-state index in [9.17, 15) is 4.79 Å². The van der Waals surface area contributed by atoms with Crippen LogP contribution in [0.3, 0.4) is 0 Å². The van der Waals surface area contributed by atoms with Gasteiger partial charge < -0.3 is 15.9 Å². The second kappa shape index (κ2) is 4.08. The lowest BCUT2D eigenvalue weighted by atomic mass is 10.4. The molecule has 4 N–H and O–H groups in total. The van der Waals surface area contributed by atoms with Crippen molar-refractivity contribution in [2.75, 3.05) is 6.54 Å². The summed E-state index contributed by atoms with van der Waals surface area (Å²) in [6.45, 7) is 2.06. The summed E-state index contributed by atoms with van der Waals surface area (Å²) < 4.78 is 0. The number of nitrogens with zero attached hydrogens (tertiary/aromatic N) is 1. The first kappa shape index (κ1) is 9.19. The summed E-state index contributed by atoms with van der Waals surface area (Å²) >= 11 is 0. The van der Waals surface area contributed by atoms with E-state index in [-0.39, 0.29) is 6.54 Å². The molecule has 60 valence electrons. The first-order chi connectivity index (χ1) is 4.59. The molecule has 5 heteroatoms. The molecular formula is C5H12N2O3. The van der Waals surface area contributed by atoms with E-state index in [1.807, 2.05) is 0 Å². The number of primary amides is 1. The van der Waals surface area contributed by atoms with Crippen LogP contribution in [0.2, 0.25) is 0 Å². The molecule has 0 saturated carbocycles. The highest BCUT2D eigenvalue weighted by molar-refractivity contribution is 5.71. The number of rotatable bonds is 3. The van der Waals surface area contributed by atoms with E-state index >= 15 is 0 Å². The number of carbonyl (C=O) groups is 1. The van der Waals surface area contributed by atoms with Gasteiger partial charge in [-0.1, -0.05) is 6.92 Å². The standard InChI is InChI=1S/C5H12N2O3/c1-2-3-7(4(6)8)5(9)10/h5,9-10H,2-3H2,1H3,(H2,6,8). The van der Waals surface area contributed by atoms with E-state index in [0.717, 1.165) is 4.90 Å². The molecule has 0 atom stereocenters. The van der Waals surface area contributed by atoms with Crippen molar-refractivity contribution in [1.29, 1.82) is 0 Å². The number of hydrogen-bond acceptors (Lipinski definition) is 3. The zero-order chi connectivity index (χ0) is 8.15. The average Bonchev–Trinajstić information content (AvgIpc) is 1.81. The van der Waals surface area contributed by atoms with Crippen molar-refractivity contribution in [3.05, 3.63) is 0 Å². The summed E-state index contributed by atoms with van der Waals surface area (Å²) in [6, 6.07) is -0.822. The monoisotopic (exact) mass is 148 g/mol. The summed E-state index contributed by atoms with van der Waals surface area (Å²) in [7, 11) is 0. The number of hydrogen-bond donors (Lipinski definition) is 3. The number of nitrogens with two attached hydrogens (primary N) is 1. The topological polar surface area (TPSA) is 86.8 Å². The first-order valence-electron chi connectivity index (χ1n) is 3.01. The van der Waals surface area contributed by atoms with Crippen molar-refractivity contribution in [2.45, 2.75) is 19.8 Å². The zero-order valence-corrected chi connectivity index (χ0v) is 5.82. The highest BCUT2D eigenvalue weighted by Gasteiger charge is 2.14. The fourth-order valence-corrected chi connectivity index (χ4v) is 0.580. The molecule has 0 heterocycles. The van der Waals surface area contributed by atoms with Crippen molar-refractivity contribution >= 4 is 6.03 Å². The van der Waals surface area contributed by atoms with Crippen LogP contribution < -0.4 is 5.73 Å². The minimum absolute atomic E-state index is 0.257. The molecule has 2 amide bonds. The van der Waals surface area contributed by atoms with Crippen LogP contribution in [-0.2, 0) is 0 Å². The van der Waals surface area contributed by atoms with Crippen LogP contribution in [0.15, 0.2) is 0 Å². The summed E-state index contributed by atoms with van der Waals surface area (Å²) in [6.07, 6.45) is -1.14. The Labute approximate surface area is 59.0 Å². The van der Waals surface area contributed by atoms with Gasteiger partial charge in [-0.25, -0.2) is 4.79 Å². The maximum Gasteiger partial charge on any atom is 0.318 e.